The van der Waals surface area contributed by atoms with Gasteiger partial charge in [0, 0.05) is 31.2 Å². The van der Waals surface area contributed by atoms with E-state index >= 15 is 0 Å². The van der Waals surface area contributed by atoms with Crippen LogP contribution in [0.2, 0.25) is 0 Å². The minimum absolute atomic E-state index is 0.0307. The second-order valence-electron chi connectivity index (χ2n) is 7.85. The first kappa shape index (κ1) is 24.4. The molecule has 0 aromatic heterocycles. The number of benzene rings is 1. The third kappa shape index (κ3) is 5.21. The Balaban J connectivity index is 1.78. The van der Waals surface area contributed by atoms with E-state index in [1.165, 1.54) is 21.3 Å². The summed E-state index contributed by atoms with van der Waals surface area (Å²) in [5.74, 6) is -0.726. The highest BCUT2D eigenvalue weighted by Gasteiger charge is 2.42. The van der Waals surface area contributed by atoms with Gasteiger partial charge in [-0.15, -0.1) is 0 Å². The summed E-state index contributed by atoms with van der Waals surface area (Å²) in [6.07, 6.45) is 1.92. The van der Waals surface area contributed by atoms with E-state index < -0.39 is 49.0 Å². The van der Waals surface area contributed by atoms with Gasteiger partial charge in [-0.25, -0.2) is 16.8 Å². The molecule has 13 heteroatoms. The third-order valence-electron chi connectivity index (χ3n) is 5.65. The molecule has 1 heterocycles. The lowest BCUT2D eigenvalue weighted by Crippen LogP contribution is -2.45. The molecule has 2 fully saturated rings. The fourth-order valence-corrected chi connectivity index (χ4v) is 7.09. The fourth-order valence-electron chi connectivity index (χ4n) is 3.90. The molecule has 178 valence electrons. The maximum atomic E-state index is 12.8. The van der Waals surface area contributed by atoms with E-state index in [-0.39, 0.29) is 41.3 Å². The number of ether oxygens (including phenoxy) is 1. The number of carbonyl (C=O) groups excluding carboxylic acids is 1. The average molecular weight is 490 g/mol. The van der Waals surface area contributed by atoms with E-state index in [1.807, 2.05) is 0 Å². The smallest absolute Gasteiger partial charge is 0.312 e. The molecule has 1 aliphatic heterocycles. The van der Waals surface area contributed by atoms with Crippen molar-refractivity contribution in [3.05, 3.63) is 28.3 Å². The summed E-state index contributed by atoms with van der Waals surface area (Å²) in [6, 6.07) is 2.85. The van der Waals surface area contributed by atoms with Crippen LogP contribution in [0.25, 0.3) is 0 Å². The van der Waals surface area contributed by atoms with Crippen molar-refractivity contribution < 1.29 is 31.3 Å². The van der Waals surface area contributed by atoms with E-state index in [4.69, 9.17) is 4.74 Å². The largest absolute Gasteiger partial charge is 0.477 e. The number of rotatable bonds is 10. The van der Waals surface area contributed by atoms with Crippen molar-refractivity contribution in [2.45, 2.75) is 50.1 Å². The van der Waals surface area contributed by atoms with Crippen LogP contribution < -0.4 is 4.74 Å². The highest BCUT2D eigenvalue weighted by Crippen LogP contribution is 2.34. The third-order valence-corrected chi connectivity index (χ3v) is 9.45. The Morgan fingerprint density at radius 1 is 1.19 bits per heavy atom. The van der Waals surface area contributed by atoms with Crippen molar-refractivity contribution in [1.82, 2.24) is 9.21 Å². The summed E-state index contributed by atoms with van der Waals surface area (Å²) >= 11 is 0. The summed E-state index contributed by atoms with van der Waals surface area (Å²) in [5, 5.41) is 11.5. The molecule has 1 aromatic carbocycles. The first-order valence-electron chi connectivity index (χ1n) is 10.4. The Morgan fingerprint density at radius 3 is 2.34 bits per heavy atom. The topological polar surface area (TPSA) is 144 Å². The van der Waals surface area contributed by atoms with Crippen LogP contribution in [0.3, 0.4) is 0 Å². The summed E-state index contributed by atoms with van der Waals surface area (Å²) in [7, 11) is -7.08. The lowest BCUT2D eigenvalue weighted by atomic mass is 10.2. The fraction of sp³-hybridized carbons (Fsp3) is 0.632. The van der Waals surface area contributed by atoms with Crippen LogP contribution in [0, 0.1) is 10.1 Å². The van der Waals surface area contributed by atoms with Crippen molar-refractivity contribution in [2.24, 2.45) is 0 Å². The molecule has 1 saturated carbocycles. The maximum absolute atomic E-state index is 12.8. The number of carbonyl (C=O) groups is 1. The molecule has 11 nitrogen and oxygen atoms in total. The zero-order valence-corrected chi connectivity index (χ0v) is 19.6. The van der Waals surface area contributed by atoms with Crippen LogP contribution in [0.4, 0.5) is 5.69 Å². The van der Waals surface area contributed by atoms with Crippen LogP contribution >= 0.6 is 0 Å². The first-order valence-corrected chi connectivity index (χ1v) is 13.7. The van der Waals surface area contributed by atoms with Gasteiger partial charge < -0.3 is 9.64 Å². The lowest BCUT2D eigenvalue weighted by Gasteiger charge is -2.28. The van der Waals surface area contributed by atoms with Gasteiger partial charge >= 0.3 is 5.69 Å². The van der Waals surface area contributed by atoms with Gasteiger partial charge in [-0.05, 0) is 31.4 Å². The van der Waals surface area contributed by atoms with E-state index in [0.717, 1.165) is 18.9 Å². The van der Waals surface area contributed by atoms with Gasteiger partial charge in [0.25, 0.3) is 5.91 Å². The zero-order chi connectivity index (χ0) is 23.7. The maximum Gasteiger partial charge on any atom is 0.312 e. The van der Waals surface area contributed by atoms with Gasteiger partial charge in [-0.3, -0.25) is 14.9 Å². The molecule has 0 bridgehead atoms. The molecule has 0 radical (unpaired) electrons. The number of sulfonamides is 1. The Labute approximate surface area is 187 Å². The number of hydrogen-bond acceptors (Lipinski definition) is 8. The molecule has 0 spiro atoms. The van der Waals surface area contributed by atoms with Crippen LogP contribution in [-0.4, -0.2) is 80.2 Å². The van der Waals surface area contributed by atoms with Gasteiger partial charge in [0.15, 0.2) is 22.2 Å². The van der Waals surface area contributed by atoms with Gasteiger partial charge in [-0.2, -0.15) is 4.31 Å². The summed E-state index contributed by atoms with van der Waals surface area (Å²) in [6.45, 7) is 3.26. The molecule has 1 aromatic rings. The number of amides is 1. The SMILES string of the molecule is CCN(CC)S(=O)(=O)c1ccc(OCC(=O)N(C2CC2)C2CCS(=O)(=O)C2)c([N+](=O)[O-])c1. The van der Waals surface area contributed by atoms with Gasteiger partial charge in [0.2, 0.25) is 10.0 Å². The van der Waals surface area contributed by atoms with Crippen molar-refractivity contribution in [3.8, 4) is 5.75 Å². The number of hydrogen-bond donors (Lipinski definition) is 0. The number of nitro groups is 1. The Bertz CT molecular complexity index is 1100. The predicted octanol–water partition coefficient (Wildman–Crippen LogP) is 1.18. The van der Waals surface area contributed by atoms with Crippen LogP contribution in [0.1, 0.15) is 33.1 Å². The Hall–Kier alpha value is -2.25. The van der Waals surface area contributed by atoms with Crippen LogP contribution in [-0.2, 0) is 24.7 Å². The molecule has 1 amide bonds. The highest BCUT2D eigenvalue weighted by atomic mass is 32.2. The molecule has 1 atom stereocenters. The van der Waals surface area contributed by atoms with E-state index in [0.29, 0.717) is 6.42 Å². The molecule has 2 aliphatic rings. The second-order valence-corrected chi connectivity index (χ2v) is 12.0. The standard InChI is InChI=1S/C19H27N3O8S2/c1-3-20(4-2)32(28,29)16-7-8-18(17(11-16)22(24)25)30-12-19(23)21(14-5-6-14)15-9-10-31(26,27)13-15/h7-8,11,14-15H,3-6,9-10,12-13H2,1-2H3. The highest BCUT2D eigenvalue weighted by molar-refractivity contribution is 7.91. The molecule has 1 aliphatic carbocycles. The molecule has 3 rings (SSSR count). The van der Waals surface area contributed by atoms with Crippen molar-refractivity contribution in [2.75, 3.05) is 31.2 Å². The minimum Gasteiger partial charge on any atom is -0.477 e. The Morgan fingerprint density at radius 2 is 1.84 bits per heavy atom. The Kier molecular flexibility index (Phi) is 7.10. The molecule has 1 unspecified atom stereocenters. The zero-order valence-electron chi connectivity index (χ0n) is 18.0. The van der Waals surface area contributed by atoms with Crippen LogP contribution in [0.15, 0.2) is 23.1 Å². The number of nitrogens with zero attached hydrogens (tertiary/aromatic N) is 3. The van der Waals surface area contributed by atoms with Gasteiger partial charge in [0.05, 0.1) is 21.3 Å². The average Bonchev–Trinajstić information content (AvgIpc) is 3.49. The van der Waals surface area contributed by atoms with Crippen molar-refractivity contribution in [3.63, 3.8) is 0 Å². The monoisotopic (exact) mass is 489 g/mol. The van der Waals surface area contributed by atoms with Crippen molar-refractivity contribution in [1.29, 1.82) is 0 Å². The van der Waals surface area contributed by atoms with E-state index in [1.54, 1.807) is 13.8 Å². The first-order chi connectivity index (χ1) is 15.0. The molecule has 0 N–H and O–H groups in total. The predicted molar refractivity (Wildman–Crippen MR) is 116 cm³/mol. The molecular formula is C19H27N3O8S2. The normalized spacial score (nSPS) is 20.3. The van der Waals surface area contributed by atoms with E-state index in [2.05, 4.69) is 0 Å². The second kappa shape index (κ2) is 9.32. The summed E-state index contributed by atoms with van der Waals surface area (Å²) in [4.78, 5) is 24.9. The lowest BCUT2D eigenvalue weighted by molar-refractivity contribution is -0.386. The minimum atomic E-state index is -3.90. The number of nitro benzene ring substituents is 1. The molecule has 1 saturated heterocycles. The summed E-state index contributed by atoms with van der Waals surface area (Å²) < 4.78 is 55.6. The summed E-state index contributed by atoms with van der Waals surface area (Å²) in [5.41, 5.74) is -0.563. The molecule has 32 heavy (non-hydrogen) atoms. The van der Waals surface area contributed by atoms with Gasteiger partial charge in [0.1, 0.15) is 0 Å². The molecular weight excluding hydrogens is 462 g/mol. The van der Waals surface area contributed by atoms with E-state index in [9.17, 15) is 31.7 Å². The quantitative estimate of drug-likeness (QED) is 0.352. The van der Waals surface area contributed by atoms with Crippen LogP contribution in [0.5, 0.6) is 5.75 Å². The van der Waals surface area contributed by atoms with Gasteiger partial charge in [-0.1, -0.05) is 13.8 Å². The van der Waals surface area contributed by atoms with Crippen molar-refractivity contribution >= 4 is 31.5 Å². The number of sulfone groups is 1.